The number of hydrogen-bond donors (Lipinski definition) is 1. The highest BCUT2D eigenvalue weighted by Crippen LogP contribution is 2.64. The SMILES string of the molecule is C=CCc1cccc([C@H]2C3=CC[C@@H]4C(=O)N(C(C)(C)C)C(=O)[C@@H]4[C@@H]3C[C@H]3C(=O)C(c4ccccc4)=CC(=O)[C@@]23c2ccccc2)c1O. The molecule has 3 aliphatic carbocycles. The first kappa shape index (κ1) is 30.8. The summed E-state index contributed by atoms with van der Waals surface area (Å²) in [5.74, 6) is -4.02. The van der Waals surface area contributed by atoms with Crippen LogP contribution < -0.4 is 0 Å². The standard InChI is InChI=1S/C41H39NO5/c1-5-13-25-16-12-19-29(36(25)44)35-27-20-21-28-34(39(47)42(38(28)46)40(2,3)4)31(27)22-32-37(45)30(24-14-8-6-9-15-24)23-33(43)41(32,35)26-17-10-7-11-18-26/h5-12,14-20,23,28,31-32,34-35,44H,1,13,21-22H2,2-4H3/t28-,31+,32-,34-,35+,41-/m0/s1. The van der Waals surface area contributed by atoms with Gasteiger partial charge in [-0.05, 0) is 68.7 Å². The number of imide groups is 1. The molecule has 3 aromatic rings. The fourth-order valence-electron chi connectivity index (χ4n) is 9.04. The van der Waals surface area contributed by atoms with Crippen molar-refractivity contribution in [2.24, 2.45) is 23.7 Å². The Bertz CT molecular complexity index is 1880. The number of ketones is 2. The molecule has 1 aliphatic heterocycles. The van der Waals surface area contributed by atoms with E-state index in [1.54, 1.807) is 6.08 Å². The number of para-hydroxylation sites is 1. The number of rotatable bonds is 5. The molecule has 4 aliphatic rings. The van der Waals surface area contributed by atoms with Crippen molar-refractivity contribution < 1.29 is 24.3 Å². The van der Waals surface area contributed by atoms with Crippen molar-refractivity contribution in [2.75, 3.05) is 0 Å². The molecule has 0 unspecified atom stereocenters. The first-order valence-electron chi connectivity index (χ1n) is 16.4. The fourth-order valence-corrected chi connectivity index (χ4v) is 9.04. The molecule has 1 saturated carbocycles. The number of hydrogen-bond acceptors (Lipinski definition) is 5. The van der Waals surface area contributed by atoms with E-state index in [1.165, 1.54) is 11.0 Å². The van der Waals surface area contributed by atoms with E-state index in [2.05, 4.69) is 6.58 Å². The van der Waals surface area contributed by atoms with Crippen LogP contribution in [0.25, 0.3) is 5.57 Å². The van der Waals surface area contributed by atoms with Gasteiger partial charge in [0.15, 0.2) is 11.6 Å². The van der Waals surface area contributed by atoms with Gasteiger partial charge in [0.25, 0.3) is 0 Å². The van der Waals surface area contributed by atoms with Gasteiger partial charge < -0.3 is 5.11 Å². The topological polar surface area (TPSA) is 91.8 Å². The van der Waals surface area contributed by atoms with Gasteiger partial charge in [-0.25, -0.2) is 0 Å². The number of allylic oxidation sites excluding steroid dienone is 5. The summed E-state index contributed by atoms with van der Waals surface area (Å²) in [6.07, 6.45) is 6.24. The summed E-state index contributed by atoms with van der Waals surface area (Å²) in [7, 11) is 0. The Morgan fingerprint density at radius 3 is 2.23 bits per heavy atom. The van der Waals surface area contributed by atoms with Crippen molar-refractivity contribution >= 4 is 29.0 Å². The summed E-state index contributed by atoms with van der Waals surface area (Å²) in [5.41, 5.74) is 1.65. The quantitative estimate of drug-likeness (QED) is 0.250. The zero-order chi connectivity index (χ0) is 33.2. The molecule has 2 fully saturated rings. The second kappa shape index (κ2) is 11.2. The van der Waals surface area contributed by atoms with Gasteiger partial charge >= 0.3 is 0 Å². The number of Topliss-reactive ketones (excluding diaryl/α,β-unsaturated/α-hetero) is 1. The maximum atomic E-state index is 15.1. The largest absolute Gasteiger partial charge is 0.507 e. The number of carbonyl (C=O) groups is 4. The Labute approximate surface area is 275 Å². The van der Waals surface area contributed by atoms with E-state index in [-0.39, 0.29) is 35.6 Å². The summed E-state index contributed by atoms with van der Waals surface area (Å²) in [5, 5.41) is 11.9. The predicted molar refractivity (Wildman–Crippen MR) is 180 cm³/mol. The lowest BCUT2D eigenvalue weighted by molar-refractivity contribution is -0.145. The third-order valence-corrected chi connectivity index (χ3v) is 10.9. The van der Waals surface area contributed by atoms with Crippen LogP contribution in [-0.2, 0) is 31.0 Å². The van der Waals surface area contributed by atoms with Gasteiger partial charge in [-0.2, -0.15) is 0 Å². The Balaban J connectivity index is 1.52. The van der Waals surface area contributed by atoms with Gasteiger partial charge in [-0.3, -0.25) is 24.1 Å². The van der Waals surface area contributed by atoms with E-state index in [1.807, 2.05) is 106 Å². The maximum absolute atomic E-state index is 15.1. The van der Waals surface area contributed by atoms with E-state index in [4.69, 9.17) is 0 Å². The van der Waals surface area contributed by atoms with Gasteiger partial charge in [-0.1, -0.05) is 96.6 Å². The van der Waals surface area contributed by atoms with Gasteiger partial charge in [0.05, 0.1) is 17.3 Å². The van der Waals surface area contributed by atoms with Gasteiger partial charge in [0.2, 0.25) is 11.8 Å². The molecule has 47 heavy (non-hydrogen) atoms. The van der Waals surface area contributed by atoms with Crippen LogP contribution in [0.2, 0.25) is 0 Å². The number of amides is 2. The van der Waals surface area contributed by atoms with Crippen molar-refractivity contribution in [1.29, 1.82) is 0 Å². The smallest absolute Gasteiger partial charge is 0.234 e. The average Bonchev–Trinajstić information content (AvgIpc) is 3.33. The minimum absolute atomic E-state index is 0.0540. The number of benzene rings is 3. The molecular weight excluding hydrogens is 586 g/mol. The molecule has 238 valence electrons. The monoisotopic (exact) mass is 625 g/mol. The number of likely N-dealkylation sites (tertiary alicyclic amines) is 1. The highest BCUT2D eigenvalue weighted by atomic mass is 16.3. The van der Waals surface area contributed by atoms with Crippen LogP contribution >= 0.6 is 0 Å². The van der Waals surface area contributed by atoms with Gasteiger partial charge in [-0.15, -0.1) is 6.58 Å². The molecule has 0 spiro atoms. The molecule has 1 saturated heterocycles. The van der Waals surface area contributed by atoms with Crippen molar-refractivity contribution in [2.45, 2.75) is 56.9 Å². The van der Waals surface area contributed by atoms with Gasteiger partial charge in [0, 0.05) is 28.5 Å². The van der Waals surface area contributed by atoms with E-state index >= 15 is 4.79 Å². The van der Waals surface area contributed by atoms with Gasteiger partial charge in [0.1, 0.15) is 5.75 Å². The van der Waals surface area contributed by atoms with Crippen LogP contribution in [0.5, 0.6) is 5.75 Å². The number of phenolic OH excluding ortho intramolecular Hbond substituents is 1. The van der Waals surface area contributed by atoms with E-state index in [0.29, 0.717) is 40.7 Å². The van der Waals surface area contributed by atoms with Crippen LogP contribution in [-0.4, -0.2) is 38.9 Å². The lowest BCUT2D eigenvalue weighted by Gasteiger charge is -2.55. The van der Waals surface area contributed by atoms with Crippen molar-refractivity contribution in [3.8, 4) is 5.75 Å². The molecule has 3 aromatic carbocycles. The molecule has 0 aromatic heterocycles. The van der Waals surface area contributed by atoms with Crippen molar-refractivity contribution in [3.63, 3.8) is 0 Å². The Morgan fingerprint density at radius 1 is 0.894 bits per heavy atom. The van der Waals surface area contributed by atoms with E-state index in [0.717, 1.165) is 5.57 Å². The molecule has 0 radical (unpaired) electrons. The highest BCUT2D eigenvalue weighted by molar-refractivity contribution is 6.31. The molecule has 1 N–H and O–H groups in total. The fraction of sp³-hybridized carbons (Fsp3) is 0.317. The molecule has 6 heteroatoms. The van der Waals surface area contributed by atoms with E-state index in [9.17, 15) is 19.5 Å². The third kappa shape index (κ3) is 4.45. The molecule has 7 rings (SSSR count). The summed E-state index contributed by atoms with van der Waals surface area (Å²) >= 11 is 0. The normalized spacial score (nSPS) is 28.7. The van der Waals surface area contributed by atoms with Crippen molar-refractivity contribution in [1.82, 2.24) is 4.90 Å². The number of nitrogens with zero attached hydrogens (tertiary/aromatic N) is 1. The van der Waals surface area contributed by atoms with Crippen LogP contribution in [0.15, 0.2) is 109 Å². The Hall–Kier alpha value is -4.84. The summed E-state index contributed by atoms with van der Waals surface area (Å²) in [4.78, 5) is 59.6. The first-order valence-corrected chi connectivity index (χ1v) is 16.4. The second-order valence-electron chi connectivity index (χ2n) is 14.3. The lowest BCUT2D eigenvalue weighted by atomic mass is 9.44. The maximum Gasteiger partial charge on any atom is 0.234 e. The van der Waals surface area contributed by atoms with Crippen LogP contribution in [0.3, 0.4) is 0 Å². The molecule has 6 nitrogen and oxygen atoms in total. The second-order valence-corrected chi connectivity index (χ2v) is 14.3. The number of carbonyl (C=O) groups excluding carboxylic acids is 4. The molecule has 0 bridgehead atoms. The summed E-state index contributed by atoms with van der Waals surface area (Å²) in [6.45, 7) is 9.46. The first-order chi connectivity index (χ1) is 22.5. The highest BCUT2D eigenvalue weighted by Gasteiger charge is 2.66. The van der Waals surface area contributed by atoms with E-state index < -0.39 is 40.5 Å². The van der Waals surface area contributed by atoms with Crippen LogP contribution in [0, 0.1) is 23.7 Å². The Kier molecular flexibility index (Phi) is 7.31. The molecule has 6 atom stereocenters. The minimum atomic E-state index is -1.38. The van der Waals surface area contributed by atoms with Crippen LogP contribution in [0.4, 0.5) is 0 Å². The third-order valence-electron chi connectivity index (χ3n) is 10.9. The molecule has 1 heterocycles. The summed E-state index contributed by atoms with van der Waals surface area (Å²) < 4.78 is 0. The van der Waals surface area contributed by atoms with Crippen LogP contribution in [0.1, 0.15) is 61.8 Å². The van der Waals surface area contributed by atoms with Crippen molar-refractivity contribution in [3.05, 3.63) is 131 Å². The minimum Gasteiger partial charge on any atom is -0.507 e. The molecular formula is C41H39NO5. The number of aromatic hydroxyl groups is 1. The zero-order valence-corrected chi connectivity index (χ0v) is 27.0. The predicted octanol–water partition coefficient (Wildman–Crippen LogP) is 6.74. The lowest BCUT2D eigenvalue weighted by Crippen LogP contribution is -2.59. The zero-order valence-electron chi connectivity index (χ0n) is 27.0. The number of phenols is 1. The Morgan fingerprint density at radius 2 is 1.57 bits per heavy atom. The average molecular weight is 626 g/mol. The summed E-state index contributed by atoms with van der Waals surface area (Å²) in [6, 6.07) is 24.2. The molecule has 2 amide bonds. The number of fused-ring (bicyclic) bond motifs is 4.